The number of nitrogen functional groups attached to an aromatic ring is 2. The summed E-state index contributed by atoms with van der Waals surface area (Å²) in [6.45, 7) is 36.1. The van der Waals surface area contributed by atoms with Crippen molar-refractivity contribution in [2.75, 3.05) is 16.4 Å². The Morgan fingerprint density at radius 1 is 0.549 bits per heavy atom. The van der Waals surface area contributed by atoms with Crippen LogP contribution in [0, 0.1) is 59.8 Å². The van der Waals surface area contributed by atoms with E-state index in [1.165, 1.54) is 29.9 Å². The van der Waals surface area contributed by atoms with Crippen LogP contribution in [-0.2, 0) is 45.6 Å². The highest BCUT2D eigenvalue weighted by atomic mass is 35.5. The average Bonchev–Trinajstić information content (AvgIpc) is 1.63. The molecule has 4 aromatic carbocycles. The van der Waals surface area contributed by atoms with Gasteiger partial charge in [0.05, 0.1) is 52.1 Å². The zero-order valence-electron chi connectivity index (χ0n) is 64.7. The van der Waals surface area contributed by atoms with E-state index in [0.29, 0.717) is 72.2 Å². The topological polar surface area (TPSA) is 411 Å². The lowest BCUT2D eigenvalue weighted by Gasteiger charge is -2.28. The van der Waals surface area contributed by atoms with E-state index < -0.39 is 39.7 Å². The Hall–Kier alpha value is -11.0. The summed E-state index contributed by atoms with van der Waals surface area (Å²) in [5.74, 6) is 3.41. The van der Waals surface area contributed by atoms with Crippen LogP contribution < -0.4 is 22.1 Å². The van der Waals surface area contributed by atoms with Gasteiger partial charge >= 0.3 is 22.6 Å². The number of anilines is 3. The second kappa shape index (κ2) is 38.5. The zero-order valence-corrected chi connectivity index (χ0v) is 69.3. The SMILES string of the molecule is CC(C)(C)OC(=O)N(C(=O)OC(C)(C)C)c1ncnc(Cl)c1Cl.CC(C)Cc1c(C#N)ccc2c1ccn2-c1ncnc(N)c1Cl.CC(C)Cc1c(C(N)=O)ccc2c1ccn2-c1ncnc(N)c1Cl.Cc1ncnc(-n2ccc3c(CC(C)C)c(C#N)ccc32)c1Cl.O=S(=O)(O)O.[C-]#[N+]c1ccc2[nH]ccc2c1CC(C)C. The maximum absolute atomic E-state index is 12.4. The van der Waals surface area contributed by atoms with Crippen molar-refractivity contribution in [3.63, 3.8) is 0 Å². The monoisotopic (exact) mass is 1650 g/mol. The van der Waals surface area contributed by atoms with Gasteiger partial charge in [0.1, 0.15) is 68.2 Å². The summed E-state index contributed by atoms with van der Waals surface area (Å²) in [6.07, 6.45) is 14.4. The first-order chi connectivity index (χ1) is 53.0. The van der Waals surface area contributed by atoms with Crippen molar-refractivity contribution in [2.24, 2.45) is 29.4 Å². The molecular formula is C79H86Cl5N19O9S. The summed E-state index contributed by atoms with van der Waals surface area (Å²) in [7, 11) is -4.67. The number of aryl methyl sites for hydroxylation is 1. The molecule has 3 amide bonds. The largest absolute Gasteiger partial charge is 0.443 e. The molecule has 0 saturated carbocycles. The lowest BCUT2D eigenvalue weighted by atomic mass is 9.94. The van der Waals surface area contributed by atoms with Crippen LogP contribution in [0.25, 0.3) is 65.9 Å². The summed E-state index contributed by atoms with van der Waals surface area (Å²) >= 11 is 30.7. The van der Waals surface area contributed by atoms with Gasteiger partial charge in [-0.1, -0.05) is 119 Å². The molecule has 8 heterocycles. The van der Waals surface area contributed by atoms with Crippen LogP contribution in [0.4, 0.5) is 32.7 Å². The molecule has 0 aliphatic carbocycles. The number of carbonyl (C=O) groups is 3. The summed E-state index contributed by atoms with van der Waals surface area (Å²) < 4.78 is 47.7. The highest BCUT2D eigenvalue weighted by Gasteiger charge is 2.36. The molecule has 0 spiro atoms. The normalized spacial score (nSPS) is 11.3. The number of aromatic amines is 1. The number of H-pyrrole nitrogens is 1. The van der Waals surface area contributed by atoms with E-state index >= 15 is 0 Å². The average molecular weight is 1660 g/mol. The number of rotatable bonds is 13. The van der Waals surface area contributed by atoms with Gasteiger partial charge in [-0.05, 0) is 192 Å². The van der Waals surface area contributed by atoms with Gasteiger partial charge in [0, 0.05) is 52.0 Å². The number of fused-ring (bicyclic) bond motifs is 4. The van der Waals surface area contributed by atoms with Gasteiger partial charge in [-0.25, -0.2) is 54.3 Å². The predicted octanol–water partition coefficient (Wildman–Crippen LogP) is 18.9. The third-order valence-electron chi connectivity index (χ3n) is 16.2. The molecule has 592 valence electrons. The van der Waals surface area contributed by atoms with Crippen LogP contribution in [0.5, 0.6) is 0 Å². The molecule has 8 aromatic heterocycles. The number of imide groups is 1. The van der Waals surface area contributed by atoms with Crippen molar-refractivity contribution >= 4 is 153 Å². The van der Waals surface area contributed by atoms with Crippen molar-refractivity contribution in [1.82, 2.24) is 58.6 Å². The first kappa shape index (κ1) is 89.2. The molecule has 0 aliphatic heterocycles. The number of ether oxygens (including phenoxy) is 2. The maximum Gasteiger partial charge on any atom is 0.425 e. The van der Waals surface area contributed by atoms with Crippen molar-refractivity contribution in [3.05, 3.63) is 204 Å². The first-order valence-electron chi connectivity index (χ1n) is 35.1. The number of amides is 3. The molecule has 0 bridgehead atoms. The Morgan fingerprint density at radius 3 is 1.35 bits per heavy atom. The van der Waals surface area contributed by atoms with Crippen LogP contribution in [0.15, 0.2) is 123 Å². The third kappa shape index (κ3) is 23.3. The molecule has 0 unspecified atom stereocenters. The van der Waals surface area contributed by atoms with Crippen LogP contribution in [-0.4, -0.2) is 105 Å². The van der Waals surface area contributed by atoms with Gasteiger partial charge in [-0.3, -0.25) is 27.6 Å². The van der Waals surface area contributed by atoms with Gasteiger partial charge in [-0.15, -0.1) is 0 Å². The Bertz CT molecular complexity index is 5540. The molecule has 113 heavy (non-hydrogen) atoms. The van der Waals surface area contributed by atoms with Crippen molar-refractivity contribution in [3.8, 4) is 29.6 Å². The fourth-order valence-electron chi connectivity index (χ4n) is 11.7. The van der Waals surface area contributed by atoms with Gasteiger partial charge in [-0.2, -0.15) is 23.8 Å². The zero-order chi connectivity index (χ0) is 83.9. The number of nitrogens with one attached hydrogen (secondary N) is 1. The number of hydrogen-bond acceptors (Lipinski definition) is 19. The van der Waals surface area contributed by atoms with E-state index in [4.69, 9.17) is 109 Å². The quantitative estimate of drug-likeness (QED) is 0.0355. The number of primary amides is 1. The van der Waals surface area contributed by atoms with E-state index in [1.54, 1.807) is 47.6 Å². The van der Waals surface area contributed by atoms with E-state index in [9.17, 15) is 24.9 Å². The summed E-state index contributed by atoms with van der Waals surface area (Å²) in [6, 6.07) is 27.6. The highest BCUT2D eigenvalue weighted by molar-refractivity contribution is 7.79. The Kier molecular flexibility index (Phi) is 30.3. The second-order valence-corrected chi connectivity index (χ2v) is 31.9. The number of benzene rings is 4. The summed E-state index contributed by atoms with van der Waals surface area (Å²) in [5, 5.41) is 23.9. The van der Waals surface area contributed by atoms with Gasteiger partial charge < -0.3 is 31.7 Å². The molecule has 28 nitrogen and oxygen atoms in total. The standard InChI is InChI=1S/C18H17ClN4.C17H18ClN5O.C17H16ClN5.C14H19Cl2N3O4.C13H14N2.H2O4S/c1-11(2)8-15-13(9-20)4-5-16-14(15)6-7-23(16)18-17(19)12(3)21-10-22-18;1-9(2)7-12-10-5-6-23(13(10)4-3-11(12)16(20)24)17-14(18)15(19)21-8-22-17;1-10(2)7-13-11(8-19)3-4-14-12(13)5-6-23(14)17-15(18)16(20)21-9-22-17;1-13(2,3)22-11(20)19(12(21)23-14(4,5)6)10-8(15)9(16)17-7-18-10;1-9(2)8-11-10-6-7-15-13(10)5-4-12(11)14-3;1-5(2,3)4/h4-7,10-11H,8H2,1-3H3;3-6,8-9H,7H2,1-2H3,(H2,20,24)(H2,19,21,22);3-6,9-10H,7H2,1-2H3,(H2,20,21,22);7H,1-6H3;4-7,9,15H,8H2,1-2H3;(H2,1,2,3,4). The van der Waals surface area contributed by atoms with E-state index in [-0.39, 0.29) is 27.6 Å². The van der Waals surface area contributed by atoms with Crippen LogP contribution >= 0.6 is 58.0 Å². The minimum absolute atomic E-state index is 0.103. The fourth-order valence-corrected chi connectivity index (χ4v) is 12.6. The van der Waals surface area contributed by atoms with Gasteiger partial charge in [0.25, 0.3) is 0 Å². The van der Waals surface area contributed by atoms with Gasteiger partial charge in [0.2, 0.25) is 5.91 Å². The molecule has 9 N–H and O–H groups in total. The second-order valence-electron chi connectivity index (χ2n) is 29.2. The molecule has 0 aliphatic rings. The molecule has 0 radical (unpaired) electrons. The maximum atomic E-state index is 12.4. The number of nitrogens with zero attached hydrogens (tertiary/aromatic N) is 15. The number of hydrogen-bond donors (Lipinski definition) is 6. The van der Waals surface area contributed by atoms with Crippen molar-refractivity contribution in [2.45, 2.75) is 141 Å². The number of nitrogens with two attached hydrogens (primary N) is 3. The molecule has 34 heteroatoms. The number of halogens is 5. The number of aromatic nitrogens is 12. The van der Waals surface area contributed by atoms with Crippen LogP contribution in [0.2, 0.25) is 25.2 Å². The highest BCUT2D eigenvalue weighted by Crippen LogP contribution is 2.37. The van der Waals surface area contributed by atoms with Crippen LogP contribution in [0.1, 0.15) is 146 Å². The van der Waals surface area contributed by atoms with E-state index in [2.05, 4.69) is 123 Å². The first-order valence-corrected chi connectivity index (χ1v) is 38.3. The fraction of sp³-hybridized carbons (Fsp3) is 0.316. The van der Waals surface area contributed by atoms with Crippen LogP contribution in [0.3, 0.4) is 0 Å². The lowest BCUT2D eigenvalue weighted by Crippen LogP contribution is -2.44. The number of nitriles is 2. The Balaban J connectivity index is 0.000000194. The Morgan fingerprint density at radius 2 is 0.938 bits per heavy atom. The third-order valence-corrected chi connectivity index (χ3v) is 18.1. The molecule has 0 saturated heterocycles. The minimum atomic E-state index is -4.67. The molecular weight excluding hydrogens is 1570 g/mol. The van der Waals surface area contributed by atoms with E-state index in [1.807, 2.05) is 106 Å². The summed E-state index contributed by atoms with van der Waals surface area (Å²) in [4.78, 5) is 76.1. The number of carbonyl (C=O) groups excluding carboxylic acids is 3. The summed E-state index contributed by atoms with van der Waals surface area (Å²) in [5.41, 5.74) is 27.1. The van der Waals surface area contributed by atoms with Gasteiger partial charge in [0.15, 0.2) is 34.1 Å². The predicted molar refractivity (Wildman–Crippen MR) is 443 cm³/mol. The van der Waals surface area contributed by atoms with E-state index in [0.717, 1.165) is 104 Å². The Labute approximate surface area is 679 Å². The molecule has 0 fully saturated rings. The molecule has 0 atom stereocenters. The lowest BCUT2D eigenvalue weighted by molar-refractivity contribution is 0.0428. The molecule has 12 rings (SSSR count). The van der Waals surface area contributed by atoms with Crippen molar-refractivity contribution in [1.29, 1.82) is 10.5 Å². The molecule has 12 aromatic rings. The minimum Gasteiger partial charge on any atom is -0.443 e. The van der Waals surface area contributed by atoms with Crippen molar-refractivity contribution < 1.29 is 41.4 Å². The smallest absolute Gasteiger partial charge is 0.425 e.